The van der Waals surface area contributed by atoms with Crippen LogP contribution in [0.5, 0.6) is 0 Å². The van der Waals surface area contributed by atoms with E-state index in [1.54, 1.807) is 0 Å². The first kappa shape index (κ1) is 71.3. The third-order valence-corrected chi connectivity index (χ3v) is 13.6. The monoisotopic (exact) mass is 1040 g/mol. The molecule has 0 saturated carbocycles. The predicted molar refractivity (Wildman–Crippen MR) is 325 cm³/mol. The molecule has 0 aromatic carbocycles. The van der Waals surface area contributed by atoms with E-state index in [0.29, 0.717) is 19.3 Å². The second kappa shape index (κ2) is 62.9. The van der Waals surface area contributed by atoms with E-state index in [1.807, 2.05) is 0 Å². The van der Waals surface area contributed by atoms with Crippen LogP contribution in [0.4, 0.5) is 0 Å². The van der Waals surface area contributed by atoms with Crippen molar-refractivity contribution in [1.29, 1.82) is 0 Å². The molecule has 0 rings (SSSR count). The predicted octanol–water partition coefficient (Wildman–Crippen LogP) is 21.7. The van der Waals surface area contributed by atoms with Gasteiger partial charge in [0.2, 0.25) is 0 Å². The molecule has 0 aliphatic rings. The summed E-state index contributed by atoms with van der Waals surface area (Å²) >= 11 is 0. The van der Waals surface area contributed by atoms with Crippen molar-refractivity contribution < 1.29 is 28.6 Å². The normalized spacial score (nSPS) is 12.7. The molecule has 0 fully saturated rings. The highest BCUT2D eigenvalue weighted by Gasteiger charge is 2.19. The van der Waals surface area contributed by atoms with E-state index in [2.05, 4.69) is 118 Å². The number of hydrogen-bond donors (Lipinski definition) is 0. The summed E-state index contributed by atoms with van der Waals surface area (Å²) in [6.45, 7) is 6.46. The molecule has 0 radical (unpaired) electrons. The summed E-state index contributed by atoms with van der Waals surface area (Å²) in [6.07, 6.45) is 84.4. The van der Waals surface area contributed by atoms with Crippen LogP contribution < -0.4 is 0 Å². The van der Waals surface area contributed by atoms with Gasteiger partial charge in [0.15, 0.2) is 6.10 Å². The van der Waals surface area contributed by atoms with Gasteiger partial charge < -0.3 is 14.2 Å². The third kappa shape index (κ3) is 61.1. The average molecular weight is 1040 g/mol. The first-order valence-electron chi connectivity index (χ1n) is 31.7. The average Bonchev–Trinajstić information content (AvgIpc) is 3.41. The van der Waals surface area contributed by atoms with Crippen LogP contribution in [0.1, 0.15) is 303 Å². The number of carbonyl (C=O) groups is 3. The van der Waals surface area contributed by atoms with Gasteiger partial charge in [-0.05, 0) is 96.3 Å². The number of carbonyl (C=O) groups excluding carboxylic acids is 3. The molecule has 0 aromatic rings. The van der Waals surface area contributed by atoms with Crippen LogP contribution in [-0.4, -0.2) is 37.2 Å². The molecule has 6 nitrogen and oxygen atoms in total. The standard InChI is InChI=1S/C69H118O6/c1-4-7-10-13-16-19-21-23-25-27-28-29-30-31-32-33-34-35-36-37-38-39-40-42-43-45-47-50-53-56-59-62-68(71)74-65-66(64-73-67(70)61-58-55-52-49-18-15-12-9-6-3)75-69(72)63-60-57-54-51-48-46-44-41-26-24-22-20-17-14-11-8-5-2/h8,11,17,20-21,23-24,26-28,30-31,44,46,51,54,66H,4-7,9-10,12-16,18-19,22,25,29,32-43,45,47-50,52-53,55-65H2,1-3H3/b11-8-,20-17-,23-21-,26-24-,28-27-,31-30-,46-44-,54-51-. The first-order valence-corrected chi connectivity index (χ1v) is 31.7. The van der Waals surface area contributed by atoms with Crippen LogP contribution >= 0.6 is 0 Å². The van der Waals surface area contributed by atoms with Gasteiger partial charge in [-0.25, -0.2) is 0 Å². The second-order valence-corrected chi connectivity index (χ2v) is 20.9. The maximum atomic E-state index is 12.8. The quantitative estimate of drug-likeness (QED) is 0.0261. The summed E-state index contributed by atoms with van der Waals surface area (Å²) in [5, 5.41) is 0. The Hall–Kier alpha value is -3.67. The third-order valence-electron chi connectivity index (χ3n) is 13.6. The Bertz CT molecular complexity index is 1480. The molecular weight excluding hydrogens is 925 g/mol. The fraction of sp³-hybridized carbons (Fsp3) is 0.725. The van der Waals surface area contributed by atoms with Gasteiger partial charge in [0.25, 0.3) is 0 Å². The van der Waals surface area contributed by atoms with Crippen LogP contribution in [-0.2, 0) is 28.6 Å². The summed E-state index contributed by atoms with van der Waals surface area (Å²) < 4.78 is 16.8. The van der Waals surface area contributed by atoms with Crippen molar-refractivity contribution in [3.05, 3.63) is 97.2 Å². The van der Waals surface area contributed by atoms with Gasteiger partial charge in [-0.15, -0.1) is 0 Å². The smallest absolute Gasteiger partial charge is 0.306 e. The zero-order valence-electron chi connectivity index (χ0n) is 49.3. The number of esters is 3. The van der Waals surface area contributed by atoms with E-state index in [-0.39, 0.29) is 37.5 Å². The minimum Gasteiger partial charge on any atom is -0.462 e. The maximum Gasteiger partial charge on any atom is 0.306 e. The summed E-state index contributed by atoms with van der Waals surface area (Å²) in [4.78, 5) is 38.1. The molecule has 1 atom stereocenters. The molecule has 0 aliphatic carbocycles. The van der Waals surface area contributed by atoms with Crippen LogP contribution in [0.3, 0.4) is 0 Å². The molecule has 0 spiro atoms. The molecule has 0 saturated heterocycles. The molecule has 0 heterocycles. The van der Waals surface area contributed by atoms with Crippen molar-refractivity contribution >= 4 is 17.9 Å². The molecule has 0 amide bonds. The largest absolute Gasteiger partial charge is 0.462 e. The lowest BCUT2D eigenvalue weighted by Crippen LogP contribution is -2.30. The van der Waals surface area contributed by atoms with Crippen LogP contribution in [0, 0.1) is 0 Å². The Morgan fingerprint density at radius 3 is 0.853 bits per heavy atom. The lowest BCUT2D eigenvalue weighted by molar-refractivity contribution is -0.167. The molecule has 75 heavy (non-hydrogen) atoms. The summed E-state index contributed by atoms with van der Waals surface area (Å²) in [5.74, 6) is -0.952. The molecule has 6 heteroatoms. The topological polar surface area (TPSA) is 78.9 Å². The number of rotatable bonds is 57. The summed E-state index contributed by atoms with van der Waals surface area (Å²) in [7, 11) is 0. The van der Waals surface area contributed by atoms with Gasteiger partial charge in [-0.1, -0.05) is 285 Å². The molecule has 0 bridgehead atoms. The van der Waals surface area contributed by atoms with E-state index in [1.165, 1.54) is 167 Å². The fourth-order valence-corrected chi connectivity index (χ4v) is 8.84. The number of hydrogen-bond acceptors (Lipinski definition) is 6. The summed E-state index contributed by atoms with van der Waals surface area (Å²) in [6, 6.07) is 0. The Labute approximate surface area is 464 Å². The van der Waals surface area contributed by atoms with Crippen LogP contribution in [0.2, 0.25) is 0 Å². The van der Waals surface area contributed by atoms with Gasteiger partial charge in [-0.3, -0.25) is 14.4 Å². The minimum atomic E-state index is -0.805. The van der Waals surface area contributed by atoms with Crippen molar-refractivity contribution in [2.24, 2.45) is 0 Å². The number of allylic oxidation sites excluding steroid dienone is 16. The van der Waals surface area contributed by atoms with Gasteiger partial charge in [0, 0.05) is 19.3 Å². The Kier molecular flexibility index (Phi) is 59.8. The first-order chi connectivity index (χ1) is 37.0. The van der Waals surface area contributed by atoms with E-state index < -0.39 is 6.10 Å². The van der Waals surface area contributed by atoms with Crippen LogP contribution in [0.25, 0.3) is 0 Å². The van der Waals surface area contributed by atoms with Crippen molar-refractivity contribution in [2.75, 3.05) is 13.2 Å². The molecule has 0 N–H and O–H groups in total. The zero-order chi connectivity index (χ0) is 54.3. The van der Waals surface area contributed by atoms with Gasteiger partial charge >= 0.3 is 17.9 Å². The van der Waals surface area contributed by atoms with E-state index >= 15 is 0 Å². The van der Waals surface area contributed by atoms with Gasteiger partial charge in [-0.2, -0.15) is 0 Å². The van der Waals surface area contributed by atoms with Gasteiger partial charge in [0.1, 0.15) is 13.2 Å². The Morgan fingerprint density at radius 1 is 0.280 bits per heavy atom. The molecule has 0 aromatic heterocycles. The van der Waals surface area contributed by atoms with Crippen molar-refractivity contribution in [1.82, 2.24) is 0 Å². The Morgan fingerprint density at radius 2 is 0.533 bits per heavy atom. The highest BCUT2D eigenvalue weighted by molar-refractivity contribution is 5.71. The fourth-order valence-electron chi connectivity index (χ4n) is 8.84. The van der Waals surface area contributed by atoms with E-state index in [9.17, 15) is 14.4 Å². The molecular formula is C69H118O6. The SMILES string of the molecule is CC/C=C\C/C=C\C/C=C\C/C=C\C/C=C\CCCC(=O)OC(COC(=O)CCCCCCCCCCC)COC(=O)CCCCCCCCCCCCCCCCCC/C=C\C/C=C\C/C=C\CCCCCCC. The summed E-state index contributed by atoms with van der Waals surface area (Å²) in [5.41, 5.74) is 0. The zero-order valence-corrected chi connectivity index (χ0v) is 49.3. The maximum absolute atomic E-state index is 12.8. The molecule has 430 valence electrons. The van der Waals surface area contributed by atoms with Crippen molar-refractivity contribution in [2.45, 2.75) is 309 Å². The number of unbranched alkanes of at least 4 members (excludes halogenated alkanes) is 30. The Balaban J connectivity index is 4.17. The number of ether oxygens (including phenoxy) is 3. The molecule has 0 aliphatic heterocycles. The minimum absolute atomic E-state index is 0.0976. The molecule has 1 unspecified atom stereocenters. The highest BCUT2D eigenvalue weighted by Crippen LogP contribution is 2.16. The second-order valence-electron chi connectivity index (χ2n) is 20.9. The van der Waals surface area contributed by atoms with Crippen LogP contribution in [0.15, 0.2) is 97.2 Å². The van der Waals surface area contributed by atoms with Crippen molar-refractivity contribution in [3.8, 4) is 0 Å². The lowest BCUT2D eigenvalue weighted by Gasteiger charge is -2.18. The van der Waals surface area contributed by atoms with E-state index in [4.69, 9.17) is 14.2 Å². The highest BCUT2D eigenvalue weighted by atomic mass is 16.6. The van der Waals surface area contributed by atoms with E-state index in [0.717, 1.165) is 89.9 Å². The van der Waals surface area contributed by atoms with Gasteiger partial charge in [0.05, 0.1) is 0 Å². The van der Waals surface area contributed by atoms with Crippen molar-refractivity contribution in [3.63, 3.8) is 0 Å². The lowest BCUT2D eigenvalue weighted by atomic mass is 10.0.